The summed E-state index contributed by atoms with van der Waals surface area (Å²) in [7, 11) is -2.45. The third-order valence-electron chi connectivity index (χ3n) is 8.69. The Balaban J connectivity index is 1.87. The predicted octanol–water partition coefficient (Wildman–Crippen LogP) is 11.3. The molecule has 0 spiro atoms. The molecule has 0 fully saturated rings. The lowest BCUT2D eigenvalue weighted by atomic mass is 10.0. The molecule has 0 atom stereocenters. The summed E-state index contributed by atoms with van der Waals surface area (Å²) < 4.78 is 34.8. The van der Waals surface area contributed by atoms with Gasteiger partial charge in [-0.1, -0.05) is 124 Å². The summed E-state index contributed by atoms with van der Waals surface area (Å²) in [5.41, 5.74) is 11.0. The highest BCUT2D eigenvalue weighted by molar-refractivity contribution is 8.17. The van der Waals surface area contributed by atoms with E-state index in [0.717, 1.165) is 22.3 Å². The number of nitrogens with zero attached hydrogens (tertiary/aromatic N) is 1. The number of benzene rings is 4. The summed E-state index contributed by atoms with van der Waals surface area (Å²) in [5.74, 6) is -1.12. The van der Waals surface area contributed by atoms with Gasteiger partial charge in [0.1, 0.15) is 11.4 Å². The molecule has 1 nitrogen and oxygen atoms in total. The molecule has 0 aliphatic carbocycles. The number of aromatic nitrogens is 1. The Morgan fingerprint density at radius 3 is 1.22 bits per heavy atom. The first-order valence-electron chi connectivity index (χ1n) is 15.8. The van der Waals surface area contributed by atoms with Crippen LogP contribution in [0.25, 0.3) is 22.5 Å². The van der Waals surface area contributed by atoms with Crippen molar-refractivity contribution in [3.8, 4) is 22.5 Å². The van der Waals surface area contributed by atoms with E-state index in [1.807, 2.05) is 60.7 Å². The molecule has 0 N–H and O–H groups in total. The number of rotatable bonds is 5. The molecule has 6 rings (SSSR count). The highest BCUT2D eigenvalue weighted by Gasteiger charge is 2.44. The number of hydrogen-bond acceptors (Lipinski definition) is 1. The van der Waals surface area contributed by atoms with Crippen LogP contribution in [0.2, 0.25) is 0 Å². The normalized spacial score (nSPS) is 15.7. The molecule has 0 radical (unpaired) electrons. The molecule has 5 heteroatoms. The lowest BCUT2D eigenvalue weighted by molar-refractivity contribution is 0.594. The summed E-state index contributed by atoms with van der Waals surface area (Å²) in [4.78, 5) is 4.72. The van der Waals surface area contributed by atoms with E-state index in [0.29, 0.717) is 11.1 Å². The second kappa shape index (κ2) is 12.2. The number of halogens is 2. The molecule has 5 aromatic rings. The molecule has 0 amide bonds. The Bertz CT molecular complexity index is 1920. The SMILES string of the molecule is Cc1cc(C)c(C2=P(c3c(F)c(-c4ccccc4)nc(-c4ccccc4)c3F)=C(c3c(C)cc(C)cc3C)P2C(C)(C)C)c(C)c1. The number of hydrogen-bond donors (Lipinski definition) is 0. The average Bonchev–Trinajstić information content (AvgIpc) is 2.97. The third kappa shape index (κ3) is 5.53. The van der Waals surface area contributed by atoms with Crippen LogP contribution >= 0.6 is 15.1 Å². The molecule has 1 aromatic heterocycles. The van der Waals surface area contributed by atoms with Crippen molar-refractivity contribution in [2.75, 3.05) is 0 Å². The molecule has 46 heavy (non-hydrogen) atoms. The van der Waals surface area contributed by atoms with Gasteiger partial charge in [-0.15, -0.1) is 0 Å². The zero-order valence-corrected chi connectivity index (χ0v) is 30.0. The molecule has 1 aliphatic rings. The van der Waals surface area contributed by atoms with Crippen LogP contribution in [-0.4, -0.2) is 20.2 Å². The van der Waals surface area contributed by atoms with Gasteiger partial charge in [-0.05, 0) is 88.0 Å². The van der Waals surface area contributed by atoms with Crippen molar-refractivity contribution in [2.24, 2.45) is 0 Å². The van der Waals surface area contributed by atoms with Crippen molar-refractivity contribution in [3.63, 3.8) is 0 Å². The Hall–Kier alpha value is -3.64. The van der Waals surface area contributed by atoms with E-state index in [4.69, 9.17) is 4.98 Å². The first kappa shape index (κ1) is 32.3. The maximum Gasteiger partial charge on any atom is 0.163 e. The first-order chi connectivity index (χ1) is 21.8. The van der Waals surface area contributed by atoms with Crippen LogP contribution in [-0.2, 0) is 0 Å². The van der Waals surface area contributed by atoms with E-state index in [1.165, 1.54) is 32.3 Å². The lowest BCUT2D eigenvalue weighted by Crippen LogP contribution is -2.32. The molecular weight excluding hydrogens is 606 g/mol. The van der Waals surface area contributed by atoms with Gasteiger partial charge in [0.25, 0.3) is 0 Å². The fourth-order valence-corrected chi connectivity index (χ4v) is 16.5. The van der Waals surface area contributed by atoms with Gasteiger partial charge < -0.3 is 0 Å². The Morgan fingerprint density at radius 2 is 0.891 bits per heavy atom. The summed E-state index contributed by atoms with van der Waals surface area (Å²) >= 11 is 0. The minimum atomic E-state index is -1.54. The lowest BCUT2D eigenvalue weighted by Gasteiger charge is -2.44. The molecular formula is C41H41F2NP2. The third-order valence-corrected chi connectivity index (χ3v) is 15.9. The van der Waals surface area contributed by atoms with Gasteiger partial charge >= 0.3 is 0 Å². The van der Waals surface area contributed by atoms with Gasteiger partial charge in [-0.2, -0.15) is 0 Å². The second-order valence-electron chi connectivity index (χ2n) is 13.6. The summed E-state index contributed by atoms with van der Waals surface area (Å²) in [6.07, 6.45) is 0. The van der Waals surface area contributed by atoms with E-state index < -0.39 is 26.7 Å². The molecule has 1 aliphatic heterocycles. The molecule has 0 saturated carbocycles. The average molecular weight is 648 g/mol. The summed E-state index contributed by atoms with van der Waals surface area (Å²) in [6, 6.07) is 27.6. The molecule has 4 aromatic carbocycles. The van der Waals surface area contributed by atoms with Gasteiger partial charge in [0.15, 0.2) is 11.6 Å². The van der Waals surface area contributed by atoms with E-state index >= 15 is 8.78 Å². The molecule has 0 unspecified atom stereocenters. The van der Waals surface area contributed by atoms with Crippen LogP contribution in [0.3, 0.4) is 0 Å². The van der Waals surface area contributed by atoms with Gasteiger partial charge in [0.2, 0.25) is 0 Å². The van der Waals surface area contributed by atoms with Gasteiger partial charge in [-0.25, -0.2) is 13.8 Å². The minimum Gasteiger partial charge on any atom is -0.242 e. The zero-order chi connectivity index (χ0) is 33.1. The monoisotopic (exact) mass is 647 g/mol. The highest BCUT2D eigenvalue weighted by Crippen LogP contribution is 2.68. The molecule has 0 bridgehead atoms. The quantitative estimate of drug-likeness (QED) is 0.173. The maximum atomic E-state index is 17.4. The van der Waals surface area contributed by atoms with Crippen LogP contribution in [0.15, 0.2) is 84.9 Å². The van der Waals surface area contributed by atoms with Gasteiger partial charge in [-0.3, -0.25) is 0 Å². The van der Waals surface area contributed by atoms with E-state index in [2.05, 4.69) is 86.6 Å². The second-order valence-corrected chi connectivity index (χ2v) is 19.2. The fourth-order valence-electron chi connectivity index (χ4n) is 7.02. The highest BCUT2D eigenvalue weighted by atomic mass is 31.2. The van der Waals surface area contributed by atoms with E-state index in [1.54, 1.807) is 0 Å². The number of pyridine rings is 1. The Kier molecular flexibility index (Phi) is 8.56. The van der Waals surface area contributed by atoms with E-state index in [-0.39, 0.29) is 21.8 Å². The predicted molar refractivity (Wildman–Crippen MR) is 198 cm³/mol. The Labute approximate surface area is 274 Å². The van der Waals surface area contributed by atoms with Gasteiger partial charge in [0.05, 0.1) is 5.30 Å². The van der Waals surface area contributed by atoms with Crippen LogP contribution in [0, 0.1) is 53.2 Å². The standard InChI is InChI=1S/C41H41F2NP2/c1-24-20-26(3)32(27(4)21-24)39-45(40(46(39)41(7,8)9)33-28(5)22-25(2)23-29(33)6)38-34(42)36(30-16-12-10-13-17-30)44-37(35(38)43)31-18-14-11-15-19-31/h10-23H,1-9H3. The largest absolute Gasteiger partial charge is 0.242 e. The Morgan fingerprint density at radius 1 is 0.543 bits per heavy atom. The van der Waals surface area contributed by atoms with Crippen LogP contribution in [0.1, 0.15) is 65.3 Å². The van der Waals surface area contributed by atoms with Gasteiger partial charge in [0, 0.05) is 21.2 Å². The fraction of sp³-hybridized carbons (Fsp3) is 0.244. The molecule has 0 saturated heterocycles. The molecule has 2 heterocycles. The van der Waals surface area contributed by atoms with Crippen molar-refractivity contribution in [2.45, 2.75) is 67.5 Å². The minimum absolute atomic E-state index is 0.128. The van der Waals surface area contributed by atoms with Crippen molar-refractivity contribution in [3.05, 3.63) is 141 Å². The van der Waals surface area contributed by atoms with Crippen molar-refractivity contribution in [1.82, 2.24) is 4.98 Å². The first-order valence-corrected chi connectivity index (χ1v) is 18.5. The smallest absolute Gasteiger partial charge is 0.163 e. The van der Waals surface area contributed by atoms with Crippen molar-refractivity contribution in [1.29, 1.82) is 0 Å². The zero-order valence-electron chi connectivity index (χ0n) is 28.2. The topological polar surface area (TPSA) is 12.9 Å². The number of aryl methyl sites for hydroxylation is 6. The van der Waals surface area contributed by atoms with Crippen LogP contribution in [0.4, 0.5) is 8.78 Å². The van der Waals surface area contributed by atoms with E-state index in [9.17, 15) is 0 Å². The maximum absolute atomic E-state index is 17.4. The molecule has 234 valence electrons. The van der Waals surface area contributed by atoms with Crippen LogP contribution in [0.5, 0.6) is 0 Å². The van der Waals surface area contributed by atoms with Crippen LogP contribution < -0.4 is 5.30 Å². The van der Waals surface area contributed by atoms with Crippen molar-refractivity contribution < 1.29 is 8.78 Å². The summed E-state index contributed by atoms with van der Waals surface area (Å²) in [5, 5.41) is 2.46. The van der Waals surface area contributed by atoms with Crippen molar-refractivity contribution >= 4 is 30.5 Å². The summed E-state index contributed by atoms with van der Waals surface area (Å²) in [6.45, 7) is 19.7.